The van der Waals surface area contributed by atoms with Gasteiger partial charge in [0.05, 0.1) is 11.3 Å². The van der Waals surface area contributed by atoms with Crippen LogP contribution in [0.2, 0.25) is 16.6 Å². The van der Waals surface area contributed by atoms with Gasteiger partial charge in [-0.25, -0.2) is 0 Å². The second-order valence-corrected chi connectivity index (χ2v) is 15.5. The van der Waals surface area contributed by atoms with E-state index in [9.17, 15) is 18.0 Å². The van der Waals surface area contributed by atoms with Gasteiger partial charge in [0.1, 0.15) is 0 Å². The Balaban J connectivity index is 2.57. The minimum Gasteiger partial charge on any atom is -0.546 e. The maximum atomic E-state index is 13.5. The number of allylic oxidation sites excluding steroid dienone is 1. The molecule has 3 nitrogen and oxygen atoms in total. The summed E-state index contributed by atoms with van der Waals surface area (Å²) in [7, 11) is -2.26. The van der Waals surface area contributed by atoms with E-state index < -0.39 is 25.9 Å². The molecule has 1 heterocycles. The molecule has 2 rings (SSSR count). The zero-order chi connectivity index (χ0) is 23.6. The van der Waals surface area contributed by atoms with Crippen molar-refractivity contribution in [1.29, 1.82) is 0 Å². The second-order valence-electron chi connectivity index (χ2n) is 10.2. The van der Waals surface area contributed by atoms with Crippen LogP contribution in [0.4, 0.5) is 13.2 Å². The van der Waals surface area contributed by atoms with Gasteiger partial charge in [0, 0.05) is 12.5 Å². The Labute approximate surface area is 187 Å². The summed E-state index contributed by atoms with van der Waals surface area (Å²) >= 11 is 0. The Morgan fingerprint density at radius 1 is 1.23 bits per heavy atom. The molecule has 0 saturated heterocycles. The summed E-state index contributed by atoms with van der Waals surface area (Å²) in [5, 5.41) is 0. The number of halogens is 3. The van der Waals surface area contributed by atoms with Crippen LogP contribution < -0.4 is 0 Å². The number of carbonyl (C=O) groups excluding carboxylic acids is 1. The quantitative estimate of drug-likeness (QED) is 0.280. The standard InChI is InChI=1S/C24H40F3NO2Si/c1-8-9-14-23-15-11-10-12-20(23)21(13-16-28(23)22(29)24(25,26)27)30-31(17(2)3,18(4)5)19(6)7/h8,13,17-20H,1,9-12,14-16H2,2-7H3. The fourth-order valence-corrected chi connectivity index (χ4v) is 11.7. The Hall–Kier alpha value is -1.24. The lowest BCUT2D eigenvalue weighted by Crippen LogP contribution is -2.63. The van der Waals surface area contributed by atoms with E-state index in [0.717, 1.165) is 29.9 Å². The SMILES string of the molecule is C=CCCC12CCCCC1C(O[Si](C(C)C)(C(C)C)C(C)C)=CCN2C(=O)C(F)(F)F. The number of alkyl halides is 3. The average molecular weight is 460 g/mol. The van der Waals surface area contributed by atoms with Crippen LogP contribution in [0.15, 0.2) is 24.5 Å². The molecule has 0 spiro atoms. The molecule has 0 aromatic heterocycles. The molecule has 2 unspecified atom stereocenters. The van der Waals surface area contributed by atoms with Crippen LogP contribution in [0.5, 0.6) is 0 Å². The largest absolute Gasteiger partial charge is 0.546 e. The molecule has 1 amide bonds. The van der Waals surface area contributed by atoms with E-state index >= 15 is 0 Å². The van der Waals surface area contributed by atoms with E-state index in [2.05, 4.69) is 48.1 Å². The summed E-state index contributed by atoms with van der Waals surface area (Å²) in [5.74, 6) is -1.07. The number of carbonyl (C=O) groups is 1. The van der Waals surface area contributed by atoms with Gasteiger partial charge in [-0.3, -0.25) is 4.79 Å². The second kappa shape index (κ2) is 9.71. The van der Waals surface area contributed by atoms with Crippen LogP contribution in [-0.2, 0) is 9.22 Å². The van der Waals surface area contributed by atoms with Crippen LogP contribution in [0.25, 0.3) is 0 Å². The van der Waals surface area contributed by atoms with Crippen LogP contribution >= 0.6 is 0 Å². The van der Waals surface area contributed by atoms with Crippen molar-refractivity contribution in [2.45, 2.75) is 108 Å². The highest BCUT2D eigenvalue weighted by Crippen LogP contribution is 2.52. The van der Waals surface area contributed by atoms with E-state index in [1.165, 1.54) is 0 Å². The van der Waals surface area contributed by atoms with E-state index in [1.807, 2.05) is 0 Å². The van der Waals surface area contributed by atoms with Gasteiger partial charge in [-0.05, 0) is 48.4 Å². The van der Waals surface area contributed by atoms with Gasteiger partial charge in [-0.1, -0.05) is 60.5 Å². The molecule has 7 heteroatoms. The molecule has 1 saturated carbocycles. The molecule has 1 aliphatic heterocycles. The van der Waals surface area contributed by atoms with Crippen molar-refractivity contribution < 1.29 is 22.4 Å². The van der Waals surface area contributed by atoms with Gasteiger partial charge in [0.2, 0.25) is 0 Å². The lowest BCUT2D eigenvalue weighted by atomic mass is 9.66. The third-order valence-electron chi connectivity index (χ3n) is 7.63. The number of amides is 1. The summed E-state index contributed by atoms with van der Waals surface area (Å²) in [5.41, 5.74) is 0.256. The number of nitrogens with zero attached hydrogens (tertiary/aromatic N) is 1. The van der Waals surface area contributed by atoms with E-state index in [4.69, 9.17) is 4.43 Å². The summed E-state index contributed by atoms with van der Waals surface area (Å²) in [6.07, 6.45) is 2.80. The Morgan fingerprint density at radius 3 is 2.29 bits per heavy atom. The molecular weight excluding hydrogens is 419 g/mol. The van der Waals surface area contributed by atoms with Crippen LogP contribution in [0.1, 0.15) is 80.1 Å². The molecule has 0 radical (unpaired) electrons. The number of rotatable bonds is 8. The molecule has 0 aromatic carbocycles. The highest BCUT2D eigenvalue weighted by Gasteiger charge is 2.57. The van der Waals surface area contributed by atoms with Gasteiger partial charge < -0.3 is 9.33 Å². The highest BCUT2D eigenvalue weighted by atomic mass is 28.4. The van der Waals surface area contributed by atoms with E-state index in [-0.39, 0.29) is 12.5 Å². The van der Waals surface area contributed by atoms with E-state index in [0.29, 0.717) is 35.9 Å². The van der Waals surface area contributed by atoms with Gasteiger partial charge in [-0.2, -0.15) is 13.2 Å². The molecule has 1 fully saturated rings. The maximum Gasteiger partial charge on any atom is 0.471 e. The predicted octanol–water partition coefficient (Wildman–Crippen LogP) is 7.36. The first kappa shape index (κ1) is 26.0. The average Bonchev–Trinajstić information content (AvgIpc) is 2.68. The van der Waals surface area contributed by atoms with Crippen molar-refractivity contribution in [2.24, 2.45) is 5.92 Å². The number of hydrogen-bond donors (Lipinski definition) is 0. The van der Waals surface area contributed by atoms with Crippen LogP contribution in [0.3, 0.4) is 0 Å². The summed E-state index contributed by atoms with van der Waals surface area (Å²) in [6.45, 7) is 17.0. The van der Waals surface area contributed by atoms with Gasteiger partial charge >= 0.3 is 12.1 Å². The van der Waals surface area contributed by atoms with E-state index in [1.54, 1.807) is 12.2 Å². The highest BCUT2D eigenvalue weighted by molar-refractivity contribution is 6.77. The molecule has 31 heavy (non-hydrogen) atoms. The van der Waals surface area contributed by atoms with Crippen molar-refractivity contribution in [2.75, 3.05) is 6.54 Å². The third kappa shape index (κ3) is 4.76. The Morgan fingerprint density at radius 2 is 1.81 bits per heavy atom. The molecule has 2 aliphatic rings. The first-order chi connectivity index (χ1) is 14.3. The fourth-order valence-electron chi connectivity index (χ4n) is 6.35. The zero-order valence-corrected chi connectivity index (χ0v) is 21.0. The molecular formula is C24H40F3NO2Si. The zero-order valence-electron chi connectivity index (χ0n) is 20.0. The Kier molecular flexibility index (Phi) is 8.15. The molecule has 1 aliphatic carbocycles. The lowest BCUT2D eigenvalue weighted by molar-refractivity contribution is -0.195. The minimum atomic E-state index is -4.87. The van der Waals surface area contributed by atoms with Crippen molar-refractivity contribution in [3.8, 4) is 0 Å². The number of hydrogen-bond acceptors (Lipinski definition) is 2. The third-order valence-corrected chi connectivity index (χ3v) is 13.6. The monoisotopic (exact) mass is 459 g/mol. The van der Waals surface area contributed by atoms with Crippen LogP contribution in [-0.4, -0.2) is 37.4 Å². The summed E-state index contributed by atoms with van der Waals surface area (Å²) in [6, 6.07) is 0. The smallest absolute Gasteiger partial charge is 0.471 e. The topological polar surface area (TPSA) is 29.5 Å². The van der Waals surface area contributed by atoms with Gasteiger partial charge in [0.15, 0.2) is 0 Å². The molecule has 2 atom stereocenters. The van der Waals surface area contributed by atoms with Crippen molar-refractivity contribution in [3.05, 3.63) is 24.5 Å². The first-order valence-electron chi connectivity index (χ1n) is 11.7. The van der Waals surface area contributed by atoms with Gasteiger partial charge in [-0.15, -0.1) is 6.58 Å². The lowest BCUT2D eigenvalue weighted by Gasteiger charge is -2.56. The summed E-state index contributed by atoms with van der Waals surface area (Å²) in [4.78, 5) is 13.6. The first-order valence-corrected chi connectivity index (χ1v) is 13.9. The normalized spacial score (nSPS) is 25.0. The van der Waals surface area contributed by atoms with Crippen molar-refractivity contribution >= 4 is 14.2 Å². The fraction of sp³-hybridized carbons (Fsp3) is 0.792. The maximum absolute atomic E-state index is 13.5. The minimum absolute atomic E-state index is 0.0416. The van der Waals surface area contributed by atoms with Crippen LogP contribution in [0, 0.1) is 5.92 Å². The van der Waals surface area contributed by atoms with Crippen molar-refractivity contribution in [3.63, 3.8) is 0 Å². The molecule has 0 N–H and O–H groups in total. The van der Waals surface area contributed by atoms with Crippen molar-refractivity contribution in [1.82, 2.24) is 4.90 Å². The predicted molar refractivity (Wildman–Crippen MR) is 122 cm³/mol. The number of fused-ring (bicyclic) bond motifs is 1. The molecule has 178 valence electrons. The van der Waals surface area contributed by atoms with Gasteiger partial charge in [0.25, 0.3) is 8.32 Å². The molecule has 0 bridgehead atoms. The molecule has 0 aromatic rings. The summed E-state index contributed by atoms with van der Waals surface area (Å²) < 4.78 is 47.5. The Bertz CT molecular complexity index is 665.